The first-order valence-corrected chi connectivity index (χ1v) is 8.02. The average Bonchev–Trinajstić information content (AvgIpc) is 3.26. The van der Waals surface area contributed by atoms with Crippen LogP contribution in [0.4, 0.5) is 5.82 Å². The molecule has 1 aromatic rings. The Morgan fingerprint density at radius 1 is 1.20 bits per heavy atom. The van der Waals surface area contributed by atoms with Crippen molar-refractivity contribution in [3.63, 3.8) is 0 Å². The standard InChI is InChI=1S/C16H25N3O/c1-2-20-16(9-5-3-4-6-10-16)15-18-13(12-7-8-12)11-14(17)19-15/h11-12H,2-10H2,1H3,(H2,17,18,19). The monoisotopic (exact) mass is 275 g/mol. The van der Waals surface area contributed by atoms with E-state index in [9.17, 15) is 0 Å². The molecular weight excluding hydrogens is 250 g/mol. The van der Waals surface area contributed by atoms with E-state index in [4.69, 9.17) is 15.5 Å². The van der Waals surface area contributed by atoms with Gasteiger partial charge in [-0.05, 0) is 32.6 Å². The number of nitrogens with two attached hydrogens (primary N) is 1. The maximum atomic E-state index is 6.17. The van der Waals surface area contributed by atoms with Crippen LogP contribution in [0.15, 0.2) is 6.07 Å². The molecule has 1 aromatic heterocycles. The highest BCUT2D eigenvalue weighted by Gasteiger charge is 2.38. The summed E-state index contributed by atoms with van der Waals surface area (Å²) in [6.45, 7) is 2.76. The van der Waals surface area contributed by atoms with E-state index in [1.54, 1.807) is 0 Å². The Morgan fingerprint density at radius 2 is 1.90 bits per heavy atom. The molecule has 1 heterocycles. The Morgan fingerprint density at radius 3 is 2.50 bits per heavy atom. The van der Waals surface area contributed by atoms with Gasteiger partial charge >= 0.3 is 0 Å². The molecule has 2 saturated carbocycles. The van der Waals surface area contributed by atoms with Crippen molar-refractivity contribution in [1.29, 1.82) is 0 Å². The minimum Gasteiger partial charge on any atom is -0.384 e. The van der Waals surface area contributed by atoms with E-state index in [2.05, 4.69) is 11.9 Å². The van der Waals surface area contributed by atoms with Crippen molar-refractivity contribution >= 4 is 5.82 Å². The maximum Gasteiger partial charge on any atom is 0.162 e. The minimum atomic E-state index is -0.301. The highest BCUT2D eigenvalue weighted by molar-refractivity contribution is 5.34. The van der Waals surface area contributed by atoms with E-state index < -0.39 is 0 Å². The van der Waals surface area contributed by atoms with Gasteiger partial charge in [-0.1, -0.05) is 25.7 Å². The van der Waals surface area contributed by atoms with E-state index in [0.29, 0.717) is 18.3 Å². The van der Waals surface area contributed by atoms with Gasteiger partial charge in [-0.3, -0.25) is 0 Å². The van der Waals surface area contributed by atoms with Crippen LogP contribution in [0.2, 0.25) is 0 Å². The number of nitrogen functional groups attached to an aromatic ring is 1. The fourth-order valence-electron chi connectivity index (χ4n) is 3.29. The van der Waals surface area contributed by atoms with E-state index in [1.807, 2.05) is 6.07 Å². The van der Waals surface area contributed by atoms with Gasteiger partial charge in [0.1, 0.15) is 11.4 Å². The highest BCUT2D eigenvalue weighted by atomic mass is 16.5. The van der Waals surface area contributed by atoms with Crippen molar-refractivity contribution < 1.29 is 4.74 Å². The number of hydrogen-bond donors (Lipinski definition) is 1. The number of hydrogen-bond acceptors (Lipinski definition) is 4. The third kappa shape index (κ3) is 2.80. The number of anilines is 1. The summed E-state index contributed by atoms with van der Waals surface area (Å²) in [6.07, 6.45) is 9.46. The van der Waals surface area contributed by atoms with Gasteiger partial charge in [0.25, 0.3) is 0 Å². The largest absolute Gasteiger partial charge is 0.384 e. The predicted molar refractivity (Wildman–Crippen MR) is 79.4 cm³/mol. The number of aromatic nitrogens is 2. The number of nitrogens with zero attached hydrogens (tertiary/aromatic N) is 2. The first-order chi connectivity index (χ1) is 9.73. The van der Waals surface area contributed by atoms with Crippen LogP contribution < -0.4 is 5.73 Å². The quantitative estimate of drug-likeness (QED) is 0.854. The van der Waals surface area contributed by atoms with Gasteiger partial charge in [-0.15, -0.1) is 0 Å². The van der Waals surface area contributed by atoms with Gasteiger partial charge in [-0.25, -0.2) is 9.97 Å². The van der Waals surface area contributed by atoms with Crippen LogP contribution in [-0.2, 0) is 10.3 Å². The van der Waals surface area contributed by atoms with Gasteiger partial charge in [0, 0.05) is 24.3 Å². The topological polar surface area (TPSA) is 61.0 Å². The number of rotatable bonds is 4. The molecule has 2 fully saturated rings. The minimum absolute atomic E-state index is 0.301. The van der Waals surface area contributed by atoms with Crippen LogP contribution in [0, 0.1) is 0 Å². The van der Waals surface area contributed by atoms with Crippen molar-refractivity contribution in [1.82, 2.24) is 9.97 Å². The molecule has 3 rings (SSSR count). The normalized spacial score (nSPS) is 22.4. The smallest absolute Gasteiger partial charge is 0.162 e. The van der Waals surface area contributed by atoms with Crippen molar-refractivity contribution in [3.8, 4) is 0 Å². The van der Waals surface area contributed by atoms with Crippen LogP contribution in [0.25, 0.3) is 0 Å². The lowest BCUT2D eigenvalue weighted by molar-refractivity contribution is -0.0624. The lowest BCUT2D eigenvalue weighted by Gasteiger charge is -2.31. The van der Waals surface area contributed by atoms with Crippen molar-refractivity contribution in [2.75, 3.05) is 12.3 Å². The van der Waals surface area contributed by atoms with Gasteiger partial charge in [0.05, 0.1) is 0 Å². The first kappa shape index (κ1) is 13.8. The zero-order valence-electron chi connectivity index (χ0n) is 12.4. The molecule has 2 N–H and O–H groups in total. The zero-order chi connectivity index (χ0) is 14.0. The Labute approximate surface area is 121 Å². The van der Waals surface area contributed by atoms with Gasteiger partial charge < -0.3 is 10.5 Å². The number of ether oxygens (including phenoxy) is 1. The molecule has 2 aliphatic rings. The zero-order valence-corrected chi connectivity index (χ0v) is 12.4. The van der Waals surface area contributed by atoms with E-state index >= 15 is 0 Å². The fraction of sp³-hybridized carbons (Fsp3) is 0.750. The molecule has 0 aromatic carbocycles. The van der Waals surface area contributed by atoms with E-state index in [1.165, 1.54) is 38.5 Å². The molecule has 0 saturated heterocycles. The third-order valence-corrected chi connectivity index (χ3v) is 4.50. The van der Waals surface area contributed by atoms with E-state index in [0.717, 1.165) is 24.4 Å². The third-order valence-electron chi connectivity index (χ3n) is 4.50. The molecule has 0 unspecified atom stereocenters. The van der Waals surface area contributed by atoms with Crippen molar-refractivity contribution in [3.05, 3.63) is 17.6 Å². The van der Waals surface area contributed by atoms with Crippen molar-refractivity contribution in [2.24, 2.45) is 0 Å². The van der Waals surface area contributed by atoms with Gasteiger partial charge in [-0.2, -0.15) is 0 Å². The van der Waals surface area contributed by atoms with Crippen LogP contribution in [0.5, 0.6) is 0 Å². The predicted octanol–water partition coefficient (Wildman–Crippen LogP) is 3.52. The lowest BCUT2D eigenvalue weighted by Crippen LogP contribution is -2.32. The van der Waals surface area contributed by atoms with Crippen LogP contribution >= 0.6 is 0 Å². The summed E-state index contributed by atoms with van der Waals surface area (Å²) in [5.74, 6) is 2.03. The molecule has 4 heteroatoms. The summed E-state index contributed by atoms with van der Waals surface area (Å²) in [5.41, 5.74) is 6.84. The molecule has 4 nitrogen and oxygen atoms in total. The van der Waals surface area contributed by atoms with Crippen LogP contribution in [-0.4, -0.2) is 16.6 Å². The molecule has 0 bridgehead atoms. The van der Waals surface area contributed by atoms with Gasteiger partial charge in [0.2, 0.25) is 0 Å². The summed E-state index contributed by atoms with van der Waals surface area (Å²) in [6, 6.07) is 1.94. The van der Waals surface area contributed by atoms with E-state index in [-0.39, 0.29) is 5.60 Å². The van der Waals surface area contributed by atoms with Crippen molar-refractivity contribution in [2.45, 2.75) is 69.8 Å². The van der Waals surface area contributed by atoms with Crippen LogP contribution in [0.1, 0.15) is 75.7 Å². The maximum absolute atomic E-state index is 6.17. The fourth-order valence-corrected chi connectivity index (χ4v) is 3.29. The summed E-state index contributed by atoms with van der Waals surface area (Å²) < 4.78 is 6.17. The Hall–Kier alpha value is -1.16. The van der Waals surface area contributed by atoms with Crippen LogP contribution in [0.3, 0.4) is 0 Å². The molecule has 20 heavy (non-hydrogen) atoms. The first-order valence-electron chi connectivity index (χ1n) is 8.02. The molecular formula is C16H25N3O. The molecule has 0 atom stereocenters. The summed E-state index contributed by atoms with van der Waals surface area (Å²) in [5, 5.41) is 0. The van der Waals surface area contributed by atoms with Gasteiger partial charge in [0.15, 0.2) is 5.82 Å². The molecule has 2 aliphatic carbocycles. The molecule has 0 spiro atoms. The SMILES string of the molecule is CCOC1(c2nc(N)cc(C3CC3)n2)CCCCCC1. The molecule has 0 aliphatic heterocycles. The molecule has 110 valence electrons. The Balaban J connectivity index is 1.96. The Bertz CT molecular complexity index is 463. The lowest BCUT2D eigenvalue weighted by atomic mass is 9.92. The highest BCUT2D eigenvalue weighted by Crippen LogP contribution is 2.42. The Kier molecular flexibility index (Phi) is 3.92. The average molecular weight is 275 g/mol. The summed E-state index contributed by atoms with van der Waals surface area (Å²) in [7, 11) is 0. The molecule has 0 amide bonds. The second-order valence-electron chi connectivity index (χ2n) is 6.16. The molecule has 0 radical (unpaired) electrons. The second-order valence-corrected chi connectivity index (χ2v) is 6.16. The summed E-state index contributed by atoms with van der Waals surface area (Å²) >= 11 is 0. The summed E-state index contributed by atoms with van der Waals surface area (Å²) in [4.78, 5) is 9.38. The second kappa shape index (κ2) is 5.68.